The lowest BCUT2D eigenvalue weighted by molar-refractivity contribution is -0.870. The van der Waals surface area contributed by atoms with E-state index >= 15 is 0 Å². The van der Waals surface area contributed by atoms with Crippen LogP contribution in [-0.4, -0.2) is 62.9 Å². The average molecular weight is 354 g/mol. The van der Waals surface area contributed by atoms with Crippen molar-refractivity contribution in [3.63, 3.8) is 0 Å². The van der Waals surface area contributed by atoms with E-state index in [0.29, 0.717) is 23.9 Å². The van der Waals surface area contributed by atoms with Crippen LogP contribution in [0.5, 0.6) is 0 Å². The number of phosphoric ester groups is 1. The minimum Gasteiger partial charge on any atom is -0.466 e. The molecule has 1 unspecified atom stereocenters. The molecule has 8 heteroatoms. The number of phosphoric acid groups is 1. The van der Waals surface area contributed by atoms with E-state index in [4.69, 9.17) is 13.8 Å². The van der Waals surface area contributed by atoms with Crippen molar-refractivity contribution in [3.8, 4) is 0 Å². The zero-order chi connectivity index (χ0) is 17.8. The maximum Gasteiger partial charge on any atom is 0.472 e. The Balaban J connectivity index is 3.62. The molecule has 0 aliphatic carbocycles. The summed E-state index contributed by atoms with van der Waals surface area (Å²) in [6, 6.07) is 0. The first-order valence-electron chi connectivity index (χ1n) is 8.24. The van der Waals surface area contributed by atoms with Crippen LogP contribution < -0.4 is 0 Å². The number of unbranched alkanes of at least 4 members (excludes halogenated alkanes) is 3. The highest BCUT2D eigenvalue weighted by Crippen LogP contribution is 2.43. The molecule has 0 bridgehead atoms. The zero-order valence-electron chi connectivity index (χ0n) is 15.0. The van der Waals surface area contributed by atoms with Crippen molar-refractivity contribution in [1.29, 1.82) is 0 Å². The molecule has 23 heavy (non-hydrogen) atoms. The second kappa shape index (κ2) is 12.0. The molecule has 0 spiro atoms. The molecule has 0 aliphatic rings. The average Bonchev–Trinajstić information content (AvgIpc) is 2.41. The first-order valence-corrected chi connectivity index (χ1v) is 9.74. The second-order valence-electron chi connectivity index (χ2n) is 6.53. The number of hydrogen-bond donors (Lipinski definition) is 1. The SMILES string of the molecule is CCCCCCC(=O)OCCCOP(=O)(O)OCC[N+](C)(C)C. The molecule has 0 heterocycles. The molecule has 0 rings (SSSR count). The number of rotatable bonds is 14. The third kappa shape index (κ3) is 16.2. The van der Waals surface area contributed by atoms with Crippen molar-refractivity contribution >= 4 is 13.8 Å². The van der Waals surface area contributed by atoms with Gasteiger partial charge in [-0.2, -0.15) is 0 Å². The Morgan fingerprint density at radius 1 is 1.00 bits per heavy atom. The summed E-state index contributed by atoms with van der Waals surface area (Å²) in [6.45, 7) is 3.06. The molecule has 0 aliphatic heterocycles. The molecular weight excluding hydrogens is 321 g/mol. The van der Waals surface area contributed by atoms with E-state index in [2.05, 4.69) is 6.92 Å². The van der Waals surface area contributed by atoms with E-state index in [1.54, 1.807) is 0 Å². The summed E-state index contributed by atoms with van der Waals surface area (Å²) in [4.78, 5) is 20.9. The smallest absolute Gasteiger partial charge is 0.466 e. The normalized spacial score (nSPS) is 14.5. The van der Waals surface area contributed by atoms with Gasteiger partial charge in [0, 0.05) is 12.8 Å². The fourth-order valence-electron chi connectivity index (χ4n) is 1.66. The third-order valence-corrected chi connectivity index (χ3v) is 4.07. The first kappa shape index (κ1) is 22.5. The molecule has 1 atom stereocenters. The Morgan fingerprint density at radius 2 is 1.65 bits per heavy atom. The predicted molar refractivity (Wildman–Crippen MR) is 89.0 cm³/mol. The fourth-order valence-corrected chi connectivity index (χ4v) is 2.41. The summed E-state index contributed by atoms with van der Waals surface area (Å²) < 4.78 is 27.0. The standard InChI is InChI=1S/C15H32NO6P/c1-5-6-7-8-10-15(17)20-12-9-13-21-23(18,19)22-14-11-16(2,3)4/h5-14H2,1-4H3/p+1. The highest BCUT2D eigenvalue weighted by atomic mass is 31.2. The van der Waals surface area contributed by atoms with Crippen LogP contribution in [0.3, 0.4) is 0 Å². The molecule has 0 saturated heterocycles. The molecule has 0 aromatic carbocycles. The van der Waals surface area contributed by atoms with Crippen molar-refractivity contribution in [3.05, 3.63) is 0 Å². The highest BCUT2D eigenvalue weighted by Gasteiger charge is 2.22. The lowest BCUT2D eigenvalue weighted by Crippen LogP contribution is -2.37. The van der Waals surface area contributed by atoms with Gasteiger partial charge in [-0.15, -0.1) is 0 Å². The molecular formula is C15H33NO6P+. The minimum absolute atomic E-state index is 0.0151. The van der Waals surface area contributed by atoms with Crippen molar-refractivity contribution in [2.45, 2.75) is 45.4 Å². The summed E-state index contributed by atoms with van der Waals surface area (Å²) in [5.41, 5.74) is 0. The van der Waals surface area contributed by atoms with E-state index in [1.807, 2.05) is 21.1 Å². The third-order valence-electron chi connectivity index (χ3n) is 3.06. The van der Waals surface area contributed by atoms with Crippen molar-refractivity contribution in [1.82, 2.24) is 0 Å². The van der Waals surface area contributed by atoms with E-state index in [-0.39, 0.29) is 25.8 Å². The molecule has 0 aromatic heterocycles. The van der Waals surface area contributed by atoms with E-state index < -0.39 is 7.82 Å². The Morgan fingerprint density at radius 3 is 2.26 bits per heavy atom. The van der Waals surface area contributed by atoms with Gasteiger partial charge in [0.2, 0.25) is 0 Å². The summed E-state index contributed by atoms with van der Waals surface area (Å²) in [5, 5.41) is 0. The molecule has 0 saturated carbocycles. The van der Waals surface area contributed by atoms with Crippen LogP contribution in [-0.2, 0) is 23.1 Å². The second-order valence-corrected chi connectivity index (χ2v) is 7.99. The zero-order valence-corrected chi connectivity index (χ0v) is 15.8. The maximum atomic E-state index is 11.6. The number of esters is 1. The van der Waals surface area contributed by atoms with Gasteiger partial charge in [-0.3, -0.25) is 13.8 Å². The van der Waals surface area contributed by atoms with Crippen LogP contribution in [0.4, 0.5) is 0 Å². The Hall–Kier alpha value is -0.460. The largest absolute Gasteiger partial charge is 0.472 e. The number of quaternary nitrogens is 1. The number of carbonyl (C=O) groups excluding carboxylic acids is 1. The quantitative estimate of drug-likeness (QED) is 0.224. The van der Waals surface area contributed by atoms with Crippen LogP contribution in [0.15, 0.2) is 0 Å². The van der Waals surface area contributed by atoms with Gasteiger partial charge in [-0.1, -0.05) is 26.2 Å². The number of hydrogen-bond acceptors (Lipinski definition) is 5. The number of ether oxygens (including phenoxy) is 1. The van der Waals surface area contributed by atoms with Crippen LogP contribution in [0, 0.1) is 0 Å². The van der Waals surface area contributed by atoms with Crippen molar-refractivity contribution in [2.24, 2.45) is 0 Å². The fraction of sp³-hybridized carbons (Fsp3) is 0.933. The van der Waals surface area contributed by atoms with E-state index in [1.165, 1.54) is 0 Å². The number of likely N-dealkylation sites (N-methyl/N-ethyl adjacent to an activating group) is 1. The Labute approximate surface area is 140 Å². The Bertz CT molecular complexity index is 369. The lowest BCUT2D eigenvalue weighted by Gasteiger charge is -2.24. The number of carbonyl (C=O) groups is 1. The summed E-state index contributed by atoms with van der Waals surface area (Å²) in [6.07, 6.45) is 4.92. The summed E-state index contributed by atoms with van der Waals surface area (Å²) in [7, 11) is 1.87. The lowest BCUT2D eigenvalue weighted by atomic mass is 10.2. The van der Waals surface area contributed by atoms with Gasteiger partial charge in [0.1, 0.15) is 13.2 Å². The highest BCUT2D eigenvalue weighted by molar-refractivity contribution is 7.47. The molecule has 0 amide bonds. The van der Waals surface area contributed by atoms with Gasteiger partial charge < -0.3 is 14.1 Å². The Kier molecular flexibility index (Phi) is 11.7. The van der Waals surface area contributed by atoms with Gasteiger partial charge in [0.05, 0.1) is 34.4 Å². The molecule has 138 valence electrons. The molecule has 0 aromatic rings. The van der Waals surface area contributed by atoms with Gasteiger partial charge in [-0.05, 0) is 6.42 Å². The summed E-state index contributed by atoms with van der Waals surface area (Å²) in [5.74, 6) is -0.229. The van der Waals surface area contributed by atoms with Crippen LogP contribution in [0.1, 0.15) is 45.4 Å². The van der Waals surface area contributed by atoms with Gasteiger partial charge in [0.25, 0.3) is 0 Å². The monoisotopic (exact) mass is 354 g/mol. The predicted octanol–water partition coefficient (Wildman–Crippen LogP) is 2.73. The topological polar surface area (TPSA) is 82.1 Å². The molecule has 0 fully saturated rings. The van der Waals surface area contributed by atoms with Gasteiger partial charge >= 0.3 is 13.8 Å². The van der Waals surface area contributed by atoms with Gasteiger partial charge in [-0.25, -0.2) is 4.57 Å². The minimum atomic E-state index is -4.02. The first-order chi connectivity index (χ1) is 10.7. The van der Waals surface area contributed by atoms with Crippen LogP contribution >= 0.6 is 7.82 Å². The van der Waals surface area contributed by atoms with E-state index in [0.717, 1.165) is 25.7 Å². The van der Waals surface area contributed by atoms with Gasteiger partial charge in [0.15, 0.2) is 0 Å². The van der Waals surface area contributed by atoms with Crippen molar-refractivity contribution < 1.29 is 32.5 Å². The molecule has 7 nitrogen and oxygen atoms in total. The van der Waals surface area contributed by atoms with Crippen molar-refractivity contribution in [2.75, 3.05) is 47.5 Å². The molecule has 1 N–H and O–H groups in total. The maximum absolute atomic E-state index is 11.6. The summed E-state index contributed by atoms with van der Waals surface area (Å²) >= 11 is 0. The molecule has 0 radical (unpaired) electrons. The van der Waals surface area contributed by atoms with Crippen LogP contribution in [0.2, 0.25) is 0 Å². The van der Waals surface area contributed by atoms with Crippen LogP contribution in [0.25, 0.3) is 0 Å². The van der Waals surface area contributed by atoms with E-state index in [9.17, 15) is 14.3 Å². The number of nitrogens with zero attached hydrogens (tertiary/aromatic N) is 1.